The number of anilines is 4. The van der Waals surface area contributed by atoms with Crippen molar-refractivity contribution >= 4 is 58.6 Å². The van der Waals surface area contributed by atoms with Gasteiger partial charge < -0.3 is 30.5 Å². The van der Waals surface area contributed by atoms with Crippen molar-refractivity contribution in [1.29, 1.82) is 0 Å². The molecule has 5 aliphatic heterocycles. The number of esters is 1. The molecule has 3 aromatic rings. The highest BCUT2D eigenvalue weighted by Crippen LogP contribution is 2.35. The number of aromatic nitrogens is 3. The largest absolute Gasteiger partial charge is 0.443 e. The molecular formula is C44H54N10O7. The minimum absolute atomic E-state index is 0.00864. The van der Waals surface area contributed by atoms with Gasteiger partial charge >= 0.3 is 5.97 Å². The fourth-order valence-corrected chi connectivity index (χ4v) is 9.07. The van der Waals surface area contributed by atoms with Gasteiger partial charge in [-0.15, -0.1) is 10.2 Å². The van der Waals surface area contributed by atoms with Gasteiger partial charge in [-0.1, -0.05) is 12.1 Å². The third kappa shape index (κ3) is 8.79. The van der Waals surface area contributed by atoms with E-state index in [2.05, 4.69) is 47.3 Å². The van der Waals surface area contributed by atoms with E-state index in [1.807, 2.05) is 18.2 Å². The third-order valence-electron chi connectivity index (χ3n) is 12.6. The van der Waals surface area contributed by atoms with E-state index in [9.17, 15) is 28.8 Å². The summed E-state index contributed by atoms with van der Waals surface area (Å²) in [5, 5.41) is 11.5. The number of amides is 5. The van der Waals surface area contributed by atoms with E-state index < -0.39 is 53.7 Å². The molecule has 2 unspecified atom stereocenters. The topological polar surface area (TPSA) is 205 Å². The fourth-order valence-electron chi connectivity index (χ4n) is 9.07. The summed E-state index contributed by atoms with van der Waals surface area (Å²) in [4.78, 5) is 91.2. The van der Waals surface area contributed by atoms with Gasteiger partial charge in [-0.25, -0.2) is 4.90 Å². The molecule has 4 fully saturated rings. The van der Waals surface area contributed by atoms with Gasteiger partial charge in [0.25, 0.3) is 23.6 Å². The van der Waals surface area contributed by atoms with E-state index in [4.69, 9.17) is 10.5 Å². The number of primary amides is 1. The number of nitrogens with one attached hydrogen (secondary N) is 1. The molecule has 2 atom stereocenters. The van der Waals surface area contributed by atoms with Crippen molar-refractivity contribution < 1.29 is 33.5 Å². The number of hydrogen-bond acceptors (Lipinski definition) is 14. The Bertz CT molecular complexity index is 2210. The van der Waals surface area contributed by atoms with Crippen LogP contribution in [0, 0.1) is 11.3 Å². The van der Waals surface area contributed by atoms with Gasteiger partial charge in [0, 0.05) is 50.5 Å². The third-order valence-corrected chi connectivity index (χ3v) is 12.6. The fraction of sp³-hybridized carbons (Fsp3) is 0.523. The molecule has 0 radical (unpaired) electrons. The Kier molecular flexibility index (Phi) is 11.8. The van der Waals surface area contributed by atoms with Crippen LogP contribution in [0.4, 0.5) is 23.1 Å². The van der Waals surface area contributed by atoms with E-state index in [0.717, 1.165) is 99.1 Å². The molecular weight excluding hydrogens is 781 g/mol. The van der Waals surface area contributed by atoms with Crippen LogP contribution in [0.1, 0.15) is 115 Å². The zero-order chi connectivity index (χ0) is 43.0. The van der Waals surface area contributed by atoms with Crippen LogP contribution < -0.4 is 20.9 Å². The Morgan fingerprint density at radius 3 is 2.26 bits per heavy atom. The van der Waals surface area contributed by atoms with Crippen LogP contribution in [0.25, 0.3) is 0 Å². The molecule has 0 spiro atoms. The van der Waals surface area contributed by atoms with Crippen molar-refractivity contribution in [1.82, 2.24) is 29.9 Å². The first-order chi connectivity index (χ1) is 29.2. The van der Waals surface area contributed by atoms with Crippen LogP contribution in [0.15, 0.2) is 42.5 Å². The average molecular weight is 835 g/mol. The summed E-state index contributed by atoms with van der Waals surface area (Å²) < 4.78 is 5.24. The van der Waals surface area contributed by atoms with Crippen LogP contribution in [-0.4, -0.2) is 124 Å². The molecule has 61 heavy (non-hydrogen) atoms. The predicted molar refractivity (Wildman–Crippen MR) is 225 cm³/mol. The summed E-state index contributed by atoms with van der Waals surface area (Å²) in [6, 6.07) is 12.4. The zero-order valence-electron chi connectivity index (χ0n) is 35.1. The average Bonchev–Trinajstić information content (AvgIpc) is 3.82. The number of piperidine rings is 3. The first kappa shape index (κ1) is 41.8. The normalized spacial score (nSPS) is 21.6. The van der Waals surface area contributed by atoms with E-state index in [-0.39, 0.29) is 29.7 Å². The second kappa shape index (κ2) is 17.2. The Balaban J connectivity index is 0.829. The number of nitrogens with two attached hydrogens (primary N) is 1. The lowest BCUT2D eigenvalue weighted by molar-refractivity contribution is -0.168. The minimum Gasteiger partial charge on any atom is -0.443 e. The summed E-state index contributed by atoms with van der Waals surface area (Å²) in [5.41, 5.74) is 8.17. The number of likely N-dealkylation sites (tertiary alicyclic amines) is 2. The standard InChI is InChI=1S/C44H54N10O7/c1-44(2,3)42(60)61-26-53-35(55)14-13-34(41(53)59)54-39(57)32-12-11-31(23-33(32)40(54)58)52-22-15-27(25-52)24-50-20-16-29(17-21-50)28-7-9-30(10-8-28)46-38-36(37(45)56)48-49-43(47-38)51-18-5-4-6-19-51/h7-12,23,27,29,34H,4-6,13-22,24-26H2,1-3H3,(H2,45,56)(H,46,47,49). The molecule has 1 aromatic heterocycles. The molecule has 17 nitrogen and oxygen atoms in total. The summed E-state index contributed by atoms with van der Waals surface area (Å²) in [7, 11) is 0. The van der Waals surface area contributed by atoms with Crippen LogP contribution in [0.3, 0.4) is 0 Å². The van der Waals surface area contributed by atoms with Gasteiger partial charge in [0.05, 0.1) is 16.5 Å². The zero-order valence-corrected chi connectivity index (χ0v) is 35.1. The van der Waals surface area contributed by atoms with E-state index in [1.54, 1.807) is 32.9 Å². The number of hydrogen-bond donors (Lipinski definition) is 2. The highest BCUT2D eigenvalue weighted by molar-refractivity contribution is 6.23. The van der Waals surface area contributed by atoms with E-state index in [1.165, 1.54) is 12.0 Å². The molecule has 0 bridgehead atoms. The molecule has 0 saturated carbocycles. The molecule has 5 amide bonds. The first-order valence-corrected chi connectivity index (χ1v) is 21.4. The molecule has 322 valence electrons. The van der Waals surface area contributed by atoms with Crippen molar-refractivity contribution in [3.05, 3.63) is 64.8 Å². The molecule has 6 heterocycles. The van der Waals surface area contributed by atoms with E-state index >= 15 is 0 Å². The van der Waals surface area contributed by atoms with E-state index in [0.29, 0.717) is 23.6 Å². The minimum atomic E-state index is -1.16. The van der Waals surface area contributed by atoms with Gasteiger partial charge in [0.15, 0.2) is 18.2 Å². The summed E-state index contributed by atoms with van der Waals surface area (Å²) in [6.45, 7) is 10.7. The molecule has 8 rings (SSSR count). The number of nitrogens with zero attached hydrogens (tertiary/aromatic N) is 8. The number of benzene rings is 2. The lowest BCUT2D eigenvalue weighted by atomic mass is 9.89. The predicted octanol–water partition coefficient (Wildman–Crippen LogP) is 4.07. The monoisotopic (exact) mass is 834 g/mol. The van der Waals surface area contributed by atoms with Crippen LogP contribution in [0.5, 0.6) is 0 Å². The van der Waals surface area contributed by atoms with Gasteiger partial charge in [0.2, 0.25) is 11.9 Å². The number of carbonyl (C=O) groups is 6. The maximum Gasteiger partial charge on any atom is 0.312 e. The summed E-state index contributed by atoms with van der Waals surface area (Å²) >= 11 is 0. The van der Waals surface area contributed by atoms with Crippen molar-refractivity contribution in [3.63, 3.8) is 0 Å². The molecule has 0 aliphatic carbocycles. The second-order valence-electron chi connectivity index (χ2n) is 17.9. The maximum absolute atomic E-state index is 13.8. The smallest absolute Gasteiger partial charge is 0.312 e. The molecule has 4 saturated heterocycles. The Labute approximate surface area is 354 Å². The number of ether oxygens (including phenoxy) is 1. The van der Waals surface area contributed by atoms with Crippen molar-refractivity contribution in [2.75, 3.05) is 67.7 Å². The number of fused-ring (bicyclic) bond motifs is 1. The van der Waals surface area contributed by atoms with Gasteiger partial charge in [-0.05, 0) is 127 Å². The molecule has 17 heteroatoms. The number of rotatable bonds is 11. The van der Waals surface area contributed by atoms with Gasteiger partial charge in [-0.3, -0.25) is 33.7 Å². The van der Waals surface area contributed by atoms with Crippen molar-refractivity contribution in [2.24, 2.45) is 17.1 Å². The lowest BCUT2D eigenvalue weighted by Crippen LogP contribution is -2.56. The van der Waals surface area contributed by atoms with Crippen LogP contribution in [-0.2, 0) is 19.1 Å². The van der Waals surface area contributed by atoms with Gasteiger partial charge in [-0.2, -0.15) is 4.98 Å². The van der Waals surface area contributed by atoms with Crippen LogP contribution in [0.2, 0.25) is 0 Å². The first-order valence-electron chi connectivity index (χ1n) is 21.4. The SMILES string of the molecule is CC(C)(C)C(=O)OCN1C(=O)CCC(N2C(=O)c3ccc(N4CCC(CN5CCC(c6ccc(Nc7nc(N8CCCCC8)nnc7C(N)=O)cc6)CC5)C4)cc3C2=O)C1=O. The molecule has 3 N–H and O–H groups in total. The quantitative estimate of drug-likeness (QED) is 0.207. The molecule has 5 aliphatic rings. The van der Waals surface area contributed by atoms with Crippen LogP contribution >= 0.6 is 0 Å². The Morgan fingerprint density at radius 1 is 0.836 bits per heavy atom. The Morgan fingerprint density at radius 2 is 1.56 bits per heavy atom. The maximum atomic E-state index is 13.8. The number of imide groups is 2. The summed E-state index contributed by atoms with van der Waals surface area (Å²) in [5.74, 6) is -1.97. The molecule has 2 aromatic carbocycles. The Hall–Kier alpha value is -5.97. The van der Waals surface area contributed by atoms with Crippen molar-refractivity contribution in [3.8, 4) is 0 Å². The second-order valence-corrected chi connectivity index (χ2v) is 17.9. The van der Waals surface area contributed by atoms with Gasteiger partial charge in [0.1, 0.15) is 6.04 Å². The summed E-state index contributed by atoms with van der Waals surface area (Å²) in [6.07, 6.45) is 6.34. The number of carbonyl (C=O) groups excluding carboxylic acids is 6. The lowest BCUT2D eigenvalue weighted by Gasteiger charge is -2.34. The highest BCUT2D eigenvalue weighted by Gasteiger charge is 2.47. The highest BCUT2D eigenvalue weighted by atomic mass is 16.5. The van der Waals surface area contributed by atoms with Crippen molar-refractivity contribution in [2.45, 2.75) is 84.1 Å².